The first kappa shape index (κ1) is 5.80. The highest BCUT2D eigenvalue weighted by atomic mass is 16.1. The Hall–Kier alpha value is -0.330. The third kappa shape index (κ3) is 0.770. The number of carbonyl (C=O) groups is 1. The maximum absolute atomic E-state index is 10.6. The van der Waals surface area contributed by atoms with Crippen molar-refractivity contribution in [3.8, 4) is 0 Å². The second-order valence-electron chi connectivity index (χ2n) is 2.77. The molecule has 1 heteroatoms. The summed E-state index contributed by atoms with van der Waals surface area (Å²) in [5.74, 6) is 1.46. The molecule has 1 aliphatic rings. The summed E-state index contributed by atoms with van der Waals surface area (Å²) in [6, 6.07) is 0. The molecule has 0 radical (unpaired) electrons. The molecule has 0 N–H and O–H groups in total. The van der Waals surface area contributed by atoms with Crippen molar-refractivity contribution in [1.29, 1.82) is 0 Å². The summed E-state index contributed by atoms with van der Waals surface area (Å²) in [6.07, 6.45) is 2.39. The molecule has 0 aliphatic heterocycles. The topological polar surface area (TPSA) is 17.1 Å². The minimum Gasteiger partial charge on any atom is -0.300 e. The fourth-order valence-corrected chi connectivity index (χ4v) is 1.27. The summed E-state index contributed by atoms with van der Waals surface area (Å²) in [5, 5.41) is 0. The van der Waals surface area contributed by atoms with Crippen molar-refractivity contribution in [3.05, 3.63) is 0 Å². The third-order valence-corrected chi connectivity index (χ3v) is 2.14. The average Bonchev–Trinajstić information content (AvgIpc) is 1.61. The first-order chi connectivity index (χ1) is 3.72. The van der Waals surface area contributed by atoms with Gasteiger partial charge >= 0.3 is 0 Å². The van der Waals surface area contributed by atoms with Gasteiger partial charge in [-0.15, -0.1) is 0 Å². The van der Waals surface area contributed by atoms with E-state index in [0.717, 1.165) is 6.42 Å². The molecule has 0 aromatic heterocycles. The number of rotatable bonds is 1. The number of hydrogen-bond donors (Lipinski definition) is 0. The van der Waals surface area contributed by atoms with E-state index in [1.165, 1.54) is 6.42 Å². The van der Waals surface area contributed by atoms with E-state index >= 15 is 0 Å². The molecule has 0 aromatic rings. The van der Waals surface area contributed by atoms with Crippen molar-refractivity contribution in [2.75, 3.05) is 0 Å². The maximum Gasteiger partial charge on any atom is 0.133 e. The van der Waals surface area contributed by atoms with Crippen LogP contribution in [0.25, 0.3) is 0 Å². The van der Waals surface area contributed by atoms with E-state index in [9.17, 15) is 4.79 Å². The van der Waals surface area contributed by atoms with E-state index in [4.69, 9.17) is 0 Å². The summed E-state index contributed by atoms with van der Waals surface area (Å²) in [5.41, 5.74) is 0. The lowest BCUT2D eigenvalue weighted by Gasteiger charge is -2.31. The Labute approximate surface area is 50.1 Å². The van der Waals surface area contributed by atoms with Crippen LogP contribution in [0.15, 0.2) is 0 Å². The van der Waals surface area contributed by atoms with Crippen LogP contribution in [0.4, 0.5) is 0 Å². The van der Waals surface area contributed by atoms with E-state index in [0.29, 0.717) is 17.6 Å². The normalized spacial score (nSPS) is 36.2. The smallest absolute Gasteiger partial charge is 0.133 e. The number of carbonyl (C=O) groups excluding carboxylic acids is 1. The van der Waals surface area contributed by atoms with Crippen LogP contribution in [-0.2, 0) is 4.79 Å². The monoisotopic (exact) mass is 112 g/mol. The van der Waals surface area contributed by atoms with Crippen LogP contribution in [0, 0.1) is 11.8 Å². The molecule has 1 saturated carbocycles. The summed E-state index contributed by atoms with van der Waals surface area (Å²) >= 11 is 0. The van der Waals surface area contributed by atoms with Crippen molar-refractivity contribution in [2.24, 2.45) is 11.8 Å². The molecule has 0 saturated heterocycles. The Morgan fingerprint density at radius 1 is 1.50 bits per heavy atom. The van der Waals surface area contributed by atoms with Gasteiger partial charge in [0.2, 0.25) is 0 Å². The Kier molecular flexibility index (Phi) is 1.37. The number of ketones is 1. The van der Waals surface area contributed by atoms with Gasteiger partial charge in [-0.2, -0.15) is 0 Å². The van der Waals surface area contributed by atoms with E-state index in [-0.39, 0.29) is 0 Å². The Morgan fingerprint density at radius 3 is 2.12 bits per heavy atom. The van der Waals surface area contributed by atoms with Crippen molar-refractivity contribution < 1.29 is 4.79 Å². The largest absolute Gasteiger partial charge is 0.300 e. The van der Waals surface area contributed by atoms with Gasteiger partial charge in [0.15, 0.2) is 0 Å². The van der Waals surface area contributed by atoms with Gasteiger partial charge in [-0.1, -0.05) is 6.92 Å². The molecular formula is C7H12O. The minimum atomic E-state index is 0.378. The molecule has 1 aliphatic carbocycles. The predicted molar refractivity (Wildman–Crippen MR) is 32.6 cm³/mol. The molecule has 0 heterocycles. The molecule has 1 rings (SSSR count). The molecule has 0 unspecified atom stereocenters. The first-order valence-corrected chi connectivity index (χ1v) is 3.22. The highest BCUT2D eigenvalue weighted by Crippen LogP contribution is 2.33. The molecule has 1 fully saturated rings. The zero-order chi connectivity index (χ0) is 6.15. The molecule has 8 heavy (non-hydrogen) atoms. The van der Waals surface area contributed by atoms with Gasteiger partial charge in [0, 0.05) is 5.92 Å². The van der Waals surface area contributed by atoms with E-state index in [2.05, 4.69) is 6.92 Å². The van der Waals surface area contributed by atoms with Crippen molar-refractivity contribution in [3.63, 3.8) is 0 Å². The lowest BCUT2D eigenvalue weighted by atomic mass is 9.73. The van der Waals surface area contributed by atoms with Crippen molar-refractivity contribution >= 4 is 5.78 Å². The first-order valence-electron chi connectivity index (χ1n) is 3.22. The number of Topliss-reactive ketones (excluding diaryl/α,β-unsaturated/α-hetero) is 1. The van der Waals surface area contributed by atoms with Gasteiger partial charge in [-0.25, -0.2) is 0 Å². The maximum atomic E-state index is 10.6. The standard InChI is InChI=1S/C7H12O/c1-5-3-4-7(5)6(2)8/h5,7H,3-4H2,1-2H3/t5-,7+/m1/s1. The summed E-state index contributed by atoms with van der Waals surface area (Å²) < 4.78 is 0. The van der Waals surface area contributed by atoms with Crippen LogP contribution in [0.3, 0.4) is 0 Å². The summed E-state index contributed by atoms with van der Waals surface area (Å²) in [4.78, 5) is 10.6. The molecule has 0 spiro atoms. The van der Waals surface area contributed by atoms with Crippen molar-refractivity contribution in [1.82, 2.24) is 0 Å². The fourth-order valence-electron chi connectivity index (χ4n) is 1.27. The van der Waals surface area contributed by atoms with Crippen LogP contribution in [0.1, 0.15) is 26.7 Å². The molecule has 0 amide bonds. The third-order valence-electron chi connectivity index (χ3n) is 2.14. The van der Waals surface area contributed by atoms with Gasteiger partial charge in [-0.05, 0) is 25.7 Å². The van der Waals surface area contributed by atoms with Gasteiger partial charge in [0.25, 0.3) is 0 Å². The van der Waals surface area contributed by atoms with Gasteiger partial charge in [-0.3, -0.25) is 4.79 Å². The summed E-state index contributed by atoms with van der Waals surface area (Å²) in [6.45, 7) is 3.84. The van der Waals surface area contributed by atoms with Crippen LogP contribution < -0.4 is 0 Å². The zero-order valence-electron chi connectivity index (χ0n) is 5.48. The Morgan fingerprint density at radius 2 is 2.12 bits per heavy atom. The SMILES string of the molecule is CC(=O)[C@H]1CC[C@H]1C. The van der Waals surface area contributed by atoms with Gasteiger partial charge in [0.1, 0.15) is 5.78 Å². The molecule has 2 atom stereocenters. The van der Waals surface area contributed by atoms with Gasteiger partial charge < -0.3 is 0 Å². The second-order valence-corrected chi connectivity index (χ2v) is 2.77. The Balaban J connectivity index is 2.37. The average molecular weight is 112 g/mol. The highest BCUT2D eigenvalue weighted by Gasteiger charge is 2.29. The fraction of sp³-hybridized carbons (Fsp3) is 0.857. The number of hydrogen-bond acceptors (Lipinski definition) is 1. The molecule has 1 nitrogen and oxygen atoms in total. The van der Waals surface area contributed by atoms with E-state index < -0.39 is 0 Å². The minimum absolute atomic E-state index is 0.378. The Bertz CT molecular complexity index is 107. The molecule has 0 aromatic carbocycles. The van der Waals surface area contributed by atoms with Crippen LogP contribution in [0.2, 0.25) is 0 Å². The van der Waals surface area contributed by atoms with E-state index in [1.54, 1.807) is 6.92 Å². The lowest BCUT2D eigenvalue weighted by Crippen LogP contribution is -2.28. The van der Waals surface area contributed by atoms with Crippen molar-refractivity contribution in [2.45, 2.75) is 26.7 Å². The van der Waals surface area contributed by atoms with Crippen LogP contribution in [0.5, 0.6) is 0 Å². The quantitative estimate of drug-likeness (QED) is 0.503. The molecular weight excluding hydrogens is 100 g/mol. The zero-order valence-corrected chi connectivity index (χ0v) is 5.48. The van der Waals surface area contributed by atoms with Crippen LogP contribution in [-0.4, -0.2) is 5.78 Å². The lowest BCUT2D eigenvalue weighted by molar-refractivity contribution is -0.125. The molecule has 0 bridgehead atoms. The predicted octanol–water partition coefficient (Wildman–Crippen LogP) is 1.62. The molecule has 46 valence electrons. The van der Waals surface area contributed by atoms with Crippen LogP contribution >= 0.6 is 0 Å². The summed E-state index contributed by atoms with van der Waals surface area (Å²) in [7, 11) is 0. The van der Waals surface area contributed by atoms with E-state index in [1.807, 2.05) is 0 Å². The highest BCUT2D eigenvalue weighted by molar-refractivity contribution is 5.79. The van der Waals surface area contributed by atoms with Gasteiger partial charge in [0.05, 0.1) is 0 Å². The second kappa shape index (κ2) is 1.88.